The van der Waals surface area contributed by atoms with Gasteiger partial charge in [-0.15, -0.1) is 6.42 Å². The SMILES string of the molecule is C#CCN(CC(F)(F)F)C(=O)c1cccc(S(=O)(=O)N(CC)CC)c1. The molecule has 0 saturated heterocycles. The van der Waals surface area contributed by atoms with Gasteiger partial charge in [-0.05, 0) is 18.2 Å². The second-order valence-electron chi connectivity index (χ2n) is 5.10. The Hall–Kier alpha value is -2.05. The number of carbonyl (C=O) groups is 1. The van der Waals surface area contributed by atoms with Gasteiger partial charge in [-0.25, -0.2) is 8.42 Å². The molecule has 0 aliphatic heterocycles. The zero-order valence-electron chi connectivity index (χ0n) is 13.9. The molecule has 0 aliphatic rings. The van der Waals surface area contributed by atoms with Crippen LogP contribution in [-0.4, -0.2) is 55.9 Å². The van der Waals surface area contributed by atoms with Gasteiger partial charge < -0.3 is 4.90 Å². The van der Waals surface area contributed by atoms with Crippen LogP contribution < -0.4 is 0 Å². The summed E-state index contributed by atoms with van der Waals surface area (Å²) in [5.74, 6) is 1.02. The first kappa shape index (κ1) is 21.0. The highest BCUT2D eigenvalue weighted by Gasteiger charge is 2.33. The number of sulfonamides is 1. The van der Waals surface area contributed by atoms with Gasteiger partial charge in [-0.1, -0.05) is 25.8 Å². The van der Waals surface area contributed by atoms with Crippen molar-refractivity contribution in [3.63, 3.8) is 0 Å². The number of benzene rings is 1. The standard InChI is InChI=1S/C16H19F3N2O3S/c1-4-10-20(12-16(17,18)19)15(22)13-8-7-9-14(11-13)25(23,24)21(5-2)6-3/h1,7-9,11H,5-6,10,12H2,2-3H3. The predicted molar refractivity (Wildman–Crippen MR) is 87.3 cm³/mol. The Labute approximate surface area is 145 Å². The van der Waals surface area contributed by atoms with Crippen LogP contribution in [0, 0.1) is 12.3 Å². The second kappa shape index (κ2) is 8.36. The summed E-state index contributed by atoms with van der Waals surface area (Å²) in [4.78, 5) is 12.6. The van der Waals surface area contributed by atoms with Crippen LogP contribution in [0.25, 0.3) is 0 Å². The molecule has 9 heteroatoms. The third-order valence-electron chi connectivity index (χ3n) is 3.36. The first-order chi connectivity index (χ1) is 11.6. The number of amides is 1. The largest absolute Gasteiger partial charge is 0.406 e. The third-order valence-corrected chi connectivity index (χ3v) is 5.41. The summed E-state index contributed by atoms with van der Waals surface area (Å²) in [6.45, 7) is 1.74. The zero-order valence-corrected chi connectivity index (χ0v) is 14.7. The Morgan fingerprint density at radius 3 is 2.32 bits per heavy atom. The molecule has 1 rings (SSSR count). The Bertz CT molecular complexity index is 751. The molecule has 0 aromatic heterocycles. The molecule has 1 aromatic rings. The van der Waals surface area contributed by atoms with Crippen LogP contribution in [0.15, 0.2) is 29.2 Å². The Balaban J connectivity index is 3.23. The van der Waals surface area contributed by atoms with E-state index in [1.165, 1.54) is 22.5 Å². The fourth-order valence-corrected chi connectivity index (χ4v) is 3.72. The van der Waals surface area contributed by atoms with Crippen molar-refractivity contribution in [3.8, 4) is 12.3 Å². The van der Waals surface area contributed by atoms with Crippen LogP contribution in [0.1, 0.15) is 24.2 Å². The van der Waals surface area contributed by atoms with Crippen LogP contribution in [0.4, 0.5) is 13.2 Å². The van der Waals surface area contributed by atoms with Crippen molar-refractivity contribution in [3.05, 3.63) is 29.8 Å². The number of alkyl halides is 3. The number of rotatable bonds is 7. The molecular formula is C16H19F3N2O3S. The van der Waals surface area contributed by atoms with Crippen molar-refractivity contribution in [1.29, 1.82) is 0 Å². The van der Waals surface area contributed by atoms with Crippen molar-refractivity contribution in [2.45, 2.75) is 24.9 Å². The summed E-state index contributed by atoms with van der Waals surface area (Å²) in [5, 5.41) is 0. The predicted octanol–water partition coefficient (Wildman–Crippen LogP) is 2.35. The van der Waals surface area contributed by atoms with Crippen molar-refractivity contribution in [2.24, 2.45) is 0 Å². The second-order valence-corrected chi connectivity index (χ2v) is 7.04. The van der Waals surface area contributed by atoms with E-state index >= 15 is 0 Å². The van der Waals surface area contributed by atoms with E-state index in [9.17, 15) is 26.4 Å². The van der Waals surface area contributed by atoms with E-state index in [1.54, 1.807) is 13.8 Å². The number of carbonyl (C=O) groups excluding carboxylic acids is 1. The van der Waals surface area contributed by atoms with Crippen molar-refractivity contribution >= 4 is 15.9 Å². The summed E-state index contributed by atoms with van der Waals surface area (Å²) < 4.78 is 64.0. The molecular weight excluding hydrogens is 357 g/mol. The Kier molecular flexibility index (Phi) is 7.02. The number of terminal acetylenes is 1. The molecule has 0 bridgehead atoms. The molecule has 0 spiro atoms. The molecule has 0 N–H and O–H groups in total. The van der Waals surface area contributed by atoms with E-state index in [0.29, 0.717) is 4.90 Å². The van der Waals surface area contributed by atoms with Crippen LogP contribution in [0.3, 0.4) is 0 Å². The number of hydrogen-bond acceptors (Lipinski definition) is 3. The maximum Gasteiger partial charge on any atom is 0.406 e. The van der Waals surface area contributed by atoms with Gasteiger partial charge in [0.2, 0.25) is 10.0 Å². The Morgan fingerprint density at radius 2 is 1.84 bits per heavy atom. The molecule has 0 aliphatic carbocycles. The topological polar surface area (TPSA) is 57.7 Å². The fraction of sp³-hybridized carbons (Fsp3) is 0.438. The van der Waals surface area contributed by atoms with Crippen LogP contribution in [0.5, 0.6) is 0 Å². The first-order valence-corrected chi connectivity index (χ1v) is 8.90. The molecule has 25 heavy (non-hydrogen) atoms. The van der Waals surface area contributed by atoms with Gasteiger partial charge in [0, 0.05) is 18.7 Å². The first-order valence-electron chi connectivity index (χ1n) is 7.46. The van der Waals surface area contributed by atoms with E-state index in [4.69, 9.17) is 6.42 Å². The van der Waals surface area contributed by atoms with Crippen molar-refractivity contribution < 1.29 is 26.4 Å². The van der Waals surface area contributed by atoms with Gasteiger partial charge in [-0.3, -0.25) is 4.79 Å². The van der Waals surface area contributed by atoms with Gasteiger partial charge in [0.25, 0.3) is 5.91 Å². The molecule has 0 unspecified atom stereocenters. The summed E-state index contributed by atoms with van der Waals surface area (Å²) in [6, 6.07) is 4.92. The molecule has 0 fully saturated rings. The van der Waals surface area contributed by atoms with E-state index in [-0.39, 0.29) is 23.5 Å². The summed E-state index contributed by atoms with van der Waals surface area (Å²) >= 11 is 0. The van der Waals surface area contributed by atoms with Crippen LogP contribution >= 0.6 is 0 Å². The minimum absolute atomic E-state index is 0.158. The minimum Gasteiger partial charge on any atom is -0.318 e. The summed E-state index contributed by atoms with van der Waals surface area (Å²) in [5.41, 5.74) is -0.173. The van der Waals surface area contributed by atoms with Gasteiger partial charge in [-0.2, -0.15) is 17.5 Å². The monoisotopic (exact) mass is 376 g/mol. The summed E-state index contributed by atoms with van der Waals surface area (Å²) in [6.07, 6.45) is 0.412. The van der Waals surface area contributed by atoms with E-state index in [2.05, 4.69) is 0 Å². The molecule has 1 amide bonds. The summed E-state index contributed by atoms with van der Waals surface area (Å²) in [7, 11) is -3.83. The molecule has 1 aromatic carbocycles. The van der Waals surface area contributed by atoms with Crippen molar-refractivity contribution in [1.82, 2.24) is 9.21 Å². The molecule has 0 saturated carbocycles. The third kappa shape index (κ3) is 5.47. The highest BCUT2D eigenvalue weighted by atomic mass is 32.2. The number of nitrogens with zero attached hydrogens (tertiary/aromatic N) is 2. The van der Waals surface area contributed by atoms with Gasteiger partial charge in [0.15, 0.2) is 0 Å². The average Bonchev–Trinajstić information content (AvgIpc) is 2.53. The van der Waals surface area contributed by atoms with E-state index in [1.807, 2.05) is 5.92 Å². The van der Waals surface area contributed by atoms with Gasteiger partial charge >= 0.3 is 6.18 Å². The molecule has 0 heterocycles. The van der Waals surface area contributed by atoms with Gasteiger partial charge in [0.05, 0.1) is 11.4 Å². The number of halogens is 3. The van der Waals surface area contributed by atoms with E-state index in [0.717, 1.165) is 6.07 Å². The van der Waals surface area contributed by atoms with Crippen LogP contribution in [-0.2, 0) is 10.0 Å². The lowest BCUT2D eigenvalue weighted by Gasteiger charge is -2.22. The van der Waals surface area contributed by atoms with Crippen molar-refractivity contribution in [2.75, 3.05) is 26.2 Å². The number of hydrogen-bond donors (Lipinski definition) is 0. The van der Waals surface area contributed by atoms with Crippen LogP contribution in [0.2, 0.25) is 0 Å². The molecule has 138 valence electrons. The maximum atomic E-state index is 12.6. The zero-order chi connectivity index (χ0) is 19.3. The fourth-order valence-electron chi connectivity index (χ4n) is 2.21. The molecule has 5 nitrogen and oxygen atoms in total. The lowest BCUT2D eigenvalue weighted by Crippen LogP contribution is -2.39. The lowest BCUT2D eigenvalue weighted by molar-refractivity contribution is -0.139. The average molecular weight is 376 g/mol. The van der Waals surface area contributed by atoms with E-state index < -0.39 is 35.2 Å². The maximum absolute atomic E-state index is 12.6. The Morgan fingerprint density at radius 1 is 1.24 bits per heavy atom. The van der Waals surface area contributed by atoms with Gasteiger partial charge in [0.1, 0.15) is 6.54 Å². The minimum atomic E-state index is -4.61. The lowest BCUT2D eigenvalue weighted by atomic mass is 10.2. The molecule has 0 atom stereocenters. The normalized spacial score (nSPS) is 12.0. The quantitative estimate of drug-likeness (QED) is 0.687. The highest BCUT2D eigenvalue weighted by Crippen LogP contribution is 2.20. The highest BCUT2D eigenvalue weighted by molar-refractivity contribution is 7.89. The smallest absolute Gasteiger partial charge is 0.318 e. The molecule has 0 radical (unpaired) electrons.